The van der Waals surface area contributed by atoms with Crippen molar-refractivity contribution in [3.63, 3.8) is 0 Å². The van der Waals surface area contributed by atoms with Gasteiger partial charge in [0.2, 0.25) is 5.91 Å². The van der Waals surface area contributed by atoms with Gasteiger partial charge < -0.3 is 10.6 Å². The summed E-state index contributed by atoms with van der Waals surface area (Å²) in [4.78, 5) is 27.1. The molecule has 1 unspecified atom stereocenters. The van der Waals surface area contributed by atoms with Crippen LogP contribution in [0.4, 0.5) is 0 Å². The fraction of sp³-hybridized carbons (Fsp3) is 0.375. The topological polar surface area (TPSA) is 85.3 Å². The molecule has 158 valence electrons. The molecule has 0 bridgehead atoms. The maximum Gasteiger partial charge on any atom is 0.251 e. The third kappa shape index (κ3) is 4.70. The van der Waals surface area contributed by atoms with Crippen LogP contribution in [0.1, 0.15) is 74.1 Å². The van der Waals surface area contributed by atoms with Crippen molar-refractivity contribution < 1.29 is 9.59 Å². The molecule has 2 aromatic carbocycles. The molecule has 0 saturated carbocycles. The Bertz CT molecular complexity index is 919. The van der Waals surface area contributed by atoms with Gasteiger partial charge in [0.25, 0.3) is 5.91 Å². The Balaban J connectivity index is 1.80. The van der Waals surface area contributed by atoms with Crippen LogP contribution in [0.5, 0.6) is 0 Å². The highest BCUT2D eigenvalue weighted by Gasteiger charge is 2.38. The number of carbonyl (C=O) groups is 2. The van der Waals surface area contributed by atoms with Crippen LogP contribution in [-0.2, 0) is 4.79 Å². The van der Waals surface area contributed by atoms with Crippen molar-refractivity contribution in [3.8, 4) is 0 Å². The number of amides is 2. The Hall–Kier alpha value is -3.15. The van der Waals surface area contributed by atoms with E-state index in [1.165, 1.54) is 4.90 Å². The van der Waals surface area contributed by atoms with Gasteiger partial charge in [-0.2, -0.15) is 0 Å². The van der Waals surface area contributed by atoms with E-state index >= 15 is 0 Å². The Morgan fingerprint density at radius 1 is 1.17 bits per heavy atom. The van der Waals surface area contributed by atoms with Crippen LogP contribution >= 0.6 is 0 Å². The molecule has 6 nitrogen and oxygen atoms in total. The van der Waals surface area contributed by atoms with Gasteiger partial charge in [-0.15, -0.1) is 0 Å². The van der Waals surface area contributed by atoms with Crippen molar-refractivity contribution in [2.75, 3.05) is 0 Å². The number of nitrogens with zero attached hydrogens (tertiary/aromatic N) is 1. The molecule has 6 heteroatoms. The van der Waals surface area contributed by atoms with Gasteiger partial charge in [-0.25, -0.2) is 0 Å². The molecule has 1 fully saturated rings. The minimum Gasteiger partial charge on any atom is -0.351 e. The molecule has 1 saturated heterocycles. The molecular weight excluding hydrogens is 376 g/mol. The fourth-order valence-electron chi connectivity index (χ4n) is 3.90. The lowest BCUT2D eigenvalue weighted by atomic mass is 9.94. The summed E-state index contributed by atoms with van der Waals surface area (Å²) < 4.78 is 0. The van der Waals surface area contributed by atoms with Crippen LogP contribution in [0.2, 0.25) is 0 Å². The van der Waals surface area contributed by atoms with E-state index in [4.69, 9.17) is 5.41 Å². The zero-order valence-electron chi connectivity index (χ0n) is 18.0. The van der Waals surface area contributed by atoms with E-state index in [0.29, 0.717) is 18.4 Å². The zero-order valence-corrected chi connectivity index (χ0v) is 18.0. The molecule has 2 aromatic rings. The average molecular weight is 407 g/mol. The fourth-order valence-corrected chi connectivity index (χ4v) is 3.90. The molecule has 3 rings (SSSR count). The average Bonchev–Trinajstić information content (AvgIpc) is 2.70. The molecule has 1 heterocycles. The standard InChI is InChI=1S/C24H30N4O2/c1-5-20(28-21(29)15-24(3,4)27-23(28)25)18-12-9-13-19(14-18)22(30)26-16(2)17-10-7-6-8-11-17/h6-14,16,20H,5,15H2,1-4H3,(H2,25,27)(H,26,30)/t16-,20?/m0/s1. The zero-order chi connectivity index (χ0) is 21.9. The smallest absolute Gasteiger partial charge is 0.251 e. The van der Waals surface area contributed by atoms with Gasteiger partial charge in [0, 0.05) is 17.5 Å². The summed E-state index contributed by atoms with van der Waals surface area (Å²) in [7, 11) is 0. The highest BCUT2D eigenvalue weighted by molar-refractivity contribution is 5.99. The number of benzene rings is 2. The minimum absolute atomic E-state index is 0.0804. The van der Waals surface area contributed by atoms with Crippen molar-refractivity contribution >= 4 is 17.8 Å². The molecule has 1 aliphatic rings. The summed E-state index contributed by atoms with van der Waals surface area (Å²) in [5.74, 6) is -0.138. The normalized spacial score (nSPS) is 17.8. The van der Waals surface area contributed by atoms with Crippen molar-refractivity contribution in [1.82, 2.24) is 15.5 Å². The lowest BCUT2D eigenvalue weighted by Gasteiger charge is -2.42. The van der Waals surface area contributed by atoms with Crippen molar-refractivity contribution in [3.05, 3.63) is 71.3 Å². The van der Waals surface area contributed by atoms with Crippen molar-refractivity contribution in [2.45, 2.75) is 58.2 Å². The summed E-state index contributed by atoms with van der Waals surface area (Å²) in [6.45, 7) is 7.76. The second kappa shape index (κ2) is 8.69. The van der Waals surface area contributed by atoms with E-state index in [2.05, 4.69) is 10.6 Å². The van der Waals surface area contributed by atoms with Gasteiger partial charge in [0.05, 0.1) is 12.1 Å². The van der Waals surface area contributed by atoms with E-state index in [1.807, 2.05) is 76.2 Å². The van der Waals surface area contributed by atoms with Crippen LogP contribution in [0.3, 0.4) is 0 Å². The van der Waals surface area contributed by atoms with Crippen LogP contribution < -0.4 is 10.6 Å². The lowest BCUT2D eigenvalue weighted by Crippen LogP contribution is -2.60. The SMILES string of the molecule is CCC(c1cccc(C(=O)N[C@@H](C)c2ccccc2)c1)N1C(=N)NC(C)(C)CC1=O. The van der Waals surface area contributed by atoms with Gasteiger partial charge in [-0.05, 0) is 50.5 Å². The number of hydrogen-bond acceptors (Lipinski definition) is 3. The van der Waals surface area contributed by atoms with Crippen molar-refractivity contribution in [1.29, 1.82) is 5.41 Å². The first-order chi connectivity index (χ1) is 14.2. The Morgan fingerprint density at radius 2 is 1.83 bits per heavy atom. The molecule has 2 amide bonds. The lowest BCUT2D eigenvalue weighted by molar-refractivity contribution is -0.132. The van der Waals surface area contributed by atoms with Crippen LogP contribution in [0, 0.1) is 5.41 Å². The van der Waals surface area contributed by atoms with E-state index in [9.17, 15) is 9.59 Å². The molecule has 30 heavy (non-hydrogen) atoms. The summed E-state index contributed by atoms with van der Waals surface area (Å²) in [5.41, 5.74) is 1.99. The second-order valence-corrected chi connectivity index (χ2v) is 8.45. The van der Waals surface area contributed by atoms with Gasteiger partial charge in [-0.3, -0.25) is 19.9 Å². The number of nitrogens with one attached hydrogen (secondary N) is 3. The number of rotatable bonds is 6. The van der Waals surface area contributed by atoms with Crippen LogP contribution in [0.15, 0.2) is 54.6 Å². The summed E-state index contributed by atoms with van der Waals surface area (Å²) in [6.07, 6.45) is 0.961. The molecule has 0 aliphatic carbocycles. The molecule has 0 spiro atoms. The van der Waals surface area contributed by atoms with Gasteiger partial charge in [-0.1, -0.05) is 49.4 Å². The van der Waals surface area contributed by atoms with E-state index in [0.717, 1.165) is 11.1 Å². The van der Waals surface area contributed by atoms with Crippen LogP contribution in [0.25, 0.3) is 0 Å². The summed E-state index contributed by atoms with van der Waals surface area (Å²) in [6, 6.07) is 16.7. The maximum atomic E-state index is 12.8. The molecule has 1 aliphatic heterocycles. The first kappa shape index (κ1) is 21.6. The third-order valence-electron chi connectivity index (χ3n) is 5.44. The number of carbonyl (C=O) groups excluding carboxylic acids is 2. The van der Waals surface area contributed by atoms with E-state index in [1.54, 1.807) is 6.07 Å². The summed E-state index contributed by atoms with van der Waals surface area (Å²) in [5, 5.41) is 14.5. The molecule has 3 N–H and O–H groups in total. The van der Waals surface area contributed by atoms with Crippen molar-refractivity contribution in [2.24, 2.45) is 0 Å². The summed E-state index contributed by atoms with van der Waals surface area (Å²) >= 11 is 0. The van der Waals surface area contributed by atoms with E-state index in [-0.39, 0.29) is 29.9 Å². The maximum absolute atomic E-state index is 12.8. The highest BCUT2D eigenvalue weighted by atomic mass is 16.2. The number of hydrogen-bond donors (Lipinski definition) is 3. The largest absolute Gasteiger partial charge is 0.351 e. The molecule has 2 atom stereocenters. The highest BCUT2D eigenvalue weighted by Crippen LogP contribution is 2.30. The van der Waals surface area contributed by atoms with Gasteiger partial charge in [0.15, 0.2) is 5.96 Å². The second-order valence-electron chi connectivity index (χ2n) is 8.45. The molecular formula is C24H30N4O2. The number of guanidine groups is 1. The Kier molecular flexibility index (Phi) is 6.25. The van der Waals surface area contributed by atoms with Crippen LogP contribution in [-0.4, -0.2) is 28.2 Å². The Morgan fingerprint density at radius 3 is 2.47 bits per heavy atom. The Labute approximate surface area is 178 Å². The monoisotopic (exact) mass is 406 g/mol. The quantitative estimate of drug-likeness (QED) is 0.673. The minimum atomic E-state index is -0.432. The first-order valence-corrected chi connectivity index (χ1v) is 10.4. The predicted molar refractivity (Wildman–Crippen MR) is 118 cm³/mol. The first-order valence-electron chi connectivity index (χ1n) is 10.4. The molecule has 0 radical (unpaired) electrons. The van der Waals surface area contributed by atoms with Gasteiger partial charge in [0.1, 0.15) is 0 Å². The van der Waals surface area contributed by atoms with E-state index < -0.39 is 5.54 Å². The molecule has 0 aromatic heterocycles. The third-order valence-corrected chi connectivity index (χ3v) is 5.44. The predicted octanol–water partition coefficient (Wildman–Crippen LogP) is 4.16. The van der Waals surface area contributed by atoms with Gasteiger partial charge >= 0.3 is 0 Å².